The Hall–Kier alpha value is -1.11. The van der Waals surface area contributed by atoms with E-state index >= 15 is 0 Å². The molecule has 3 rings (SSSR count). The summed E-state index contributed by atoms with van der Waals surface area (Å²) in [6.45, 7) is 3.09. The van der Waals surface area contributed by atoms with E-state index in [1.807, 2.05) is 6.07 Å². The molecular weight excluding hydrogens is 264 g/mol. The van der Waals surface area contributed by atoms with Crippen LogP contribution in [0.1, 0.15) is 18.9 Å². The molecular formula is C13H18N2O3S. The third-order valence-electron chi connectivity index (χ3n) is 3.84. The molecule has 1 aromatic carbocycles. The van der Waals surface area contributed by atoms with E-state index in [0.29, 0.717) is 17.9 Å². The second-order valence-corrected chi connectivity index (χ2v) is 7.52. The molecule has 2 aliphatic heterocycles. The molecule has 2 aliphatic rings. The third kappa shape index (κ3) is 2.24. The predicted octanol–water partition coefficient (Wildman–Crippen LogP) is 0.800. The minimum Gasteiger partial charge on any atom is -0.389 e. The van der Waals surface area contributed by atoms with E-state index in [-0.39, 0.29) is 6.54 Å². The lowest BCUT2D eigenvalue weighted by Gasteiger charge is -2.19. The molecule has 0 aromatic heterocycles. The highest BCUT2D eigenvalue weighted by Crippen LogP contribution is 2.30. The van der Waals surface area contributed by atoms with E-state index in [1.54, 1.807) is 19.1 Å². The zero-order chi connectivity index (χ0) is 13.7. The number of hydrogen-bond acceptors (Lipinski definition) is 4. The fraction of sp³-hybridized carbons (Fsp3) is 0.538. The van der Waals surface area contributed by atoms with Crippen LogP contribution in [0.2, 0.25) is 0 Å². The van der Waals surface area contributed by atoms with E-state index in [0.717, 1.165) is 24.2 Å². The monoisotopic (exact) mass is 282 g/mol. The lowest BCUT2D eigenvalue weighted by atomic mass is 10.1. The van der Waals surface area contributed by atoms with Gasteiger partial charge in [0.1, 0.15) is 0 Å². The van der Waals surface area contributed by atoms with Crippen LogP contribution in [0.15, 0.2) is 23.1 Å². The van der Waals surface area contributed by atoms with Crippen LogP contribution < -0.4 is 5.32 Å². The van der Waals surface area contributed by atoms with Crippen molar-refractivity contribution in [2.45, 2.75) is 30.3 Å². The van der Waals surface area contributed by atoms with Gasteiger partial charge in [0.15, 0.2) is 0 Å². The van der Waals surface area contributed by atoms with E-state index in [2.05, 4.69) is 5.32 Å². The van der Waals surface area contributed by atoms with Crippen molar-refractivity contribution in [3.63, 3.8) is 0 Å². The second kappa shape index (κ2) is 4.19. The van der Waals surface area contributed by atoms with E-state index < -0.39 is 15.6 Å². The van der Waals surface area contributed by atoms with Crippen LogP contribution in [-0.2, 0) is 16.4 Å². The van der Waals surface area contributed by atoms with Gasteiger partial charge in [0.25, 0.3) is 0 Å². The minimum absolute atomic E-state index is 0.171. The molecule has 0 aliphatic carbocycles. The molecule has 1 aromatic rings. The maximum Gasteiger partial charge on any atom is 0.243 e. The Morgan fingerprint density at radius 1 is 1.42 bits per heavy atom. The van der Waals surface area contributed by atoms with Crippen LogP contribution in [0.5, 0.6) is 0 Å². The number of hydrogen-bond donors (Lipinski definition) is 2. The fourth-order valence-corrected chi connectivity index (χ4v) is 4.31. The summed E-state index contributed by atoms with van der Waals surface area (Å²) in [5.41, 5.74) is 1.16. The van der Waals surface area contributed by atoms with Crippen molar-refractivity contribution in [1.29, 1.82) is 0 Å². The zero-order valence-electron chi connectivity index (χ0n) is 10.9. The normalized spacial score (nSPS) is 27.3. The first kappa shape index (κ1) is 12.9. The number of nitrogens with zero attached hydrogens (tertiary/aromatic N) is 1. The highest BCUT2D eigenvalue weighted by atomic mass is 32.2. The molecule has 1 atom stereocenters. The number of benzene rings is 1. The summed E-state index contributed by atoms with van der Waals surface area (Å²) in [5, 5.41) is 13.1. The van der Waals surface area contributed by atoms with Gasteiger partial charge in [-0.15, -0.1) is 0 Å². The molecule has 0 spiro atoms. The first-order valence-corrected chi connectivity index (χ1v) is 7.92. The Kier molecular flexibility index (Phi) is 2.85. The van der Waals surface area contributed by atoms with Crippen LogP contribution in [0.25, 0.3) is 0 Å². The van der Waals surface area contributed by atoms with Crippen molar-refractivity contribution in [2.75, 3.05) is 25.0 Å². The molecule has 0 radical (unpaired) electrons. The van der Waals surface area contributed by atoms with Crippen LogP contribution in [0.3, 0.4) is 0 Å². The molecule has 0 bridgehead atoms. The molecule has 5 nitrogen and oxygen atoms in total. The second-order valence-electron chi connectivity index (χ2n) is 5.58. The number of rotatable bonds is 2. The summed E-state index contributed by atoms with van der Waals surface area (Å²) >= 11 is 0. The van der Waals surface area contributed by atoms with Gasteiger partial charge in [0.2, 0.25) is 10.0 Å². The molecule has 2 heterocycles. The van der Waals surface area contributed by atoms with Gasteiger partial charge < -0.3 is 10.4 Å². The van der Waals surface area contributed by atoms with Crippen molar-refractivity contribution in [3.05, 3.63) is 23.8 Å². The number of fused-ring (bicyclic) bond motifs is 1. The number of nitrogens with one attached hydrogen (secondary N) is 1. The first-order chi connectivity index (χ1) is 8.88. The smallest absolute Gasteiger partial charge is 0.243 e. The van der Waals surface area contributed by atoms with Gasteiger partial charge in [-0.05, 0) is 43.5 Å². The Labute approximate surface area is 113 Å². The Morgan fingerprint density at radius 3 is 2.89 bits per heavy atom. The average molecular weight is 282 g/mol. The third-order valence-corrected chi connectivity index (χ3v) is 5.68. The molecule has 1 unspecified atom stereocenters. The molecule has 0 saturated carbocycles. The maximum absolute atomic E-state index is 12.5. The van der Waals surface area contributed by atoms with Gasteiger partial charge in [-0.25, -0.2) is 8.42 Å². The van der Waals surface area contributed by atoms with Gasteiger partial charge in [-0.2, -0.15) is 4.31 Å². The summed E-state index contributed by atoms with van der Waals surface area (Å²) in [7, 11) is -3.49. The number of β-amino-alcohol motifs (C(OH)–C–C–N with tert-alkyl or cyclic N) is 1. The van der Waals surface area contributed by atoms with Gasteiger partial charge in [0, 0.05) is 25.3 Å². The SMILES string of the molecule is CC1(O)CCN(S(=O)(=O)c2ccc3c(c2)CCN3)C1. The van der Waals surface area contributed by atoms with Gasteiger partial charge in [-0.1, -0.05) is 0 Å². The summed E-state index contributed by atoms with van der Waals surface area (Å²) in [6, 6.07) is 5.21. The molecule has 2 N–H and O–H groups in total. The predicted molar refractivity (Wildman–Crippen MR) is 72.6 cm³/mol. The summed E-state index contributed by atoms with van der Waals surface area (Å²) in [5.74, 6) is 0. The highest BCUT2D eigenvalue weighted by molar-refractivity contribution is 7.89. The average Bonchev–Trinajstić information content (AvgIpc) is 2.94. The highest BCUT2D eigenvalue weighted by Gasteiger charge is 2.38. The molecule has 19 heavy (non-hydrogen) atoms. The lowest BCUT2D eigenvalue weighted by Crippen LogP contribution is -2.33. The number of anilines is 1. The van der Waals surface area contributed by atoms with Crippen LogP contribution in [-0.4, -0.2) is 43.1 Å². The van der Waals surface area contributed by atoms with E-state index in [4.69, 9.17) is 0 Å². The minimum atomic E-state index is -3.49. The number of aliphatic hydroxyl groups is 1. The number of sulfonamides is 1. The molecule has 6 heteroatoms. The van der Waals surface area contributed by atoms with Crippen LogP contribution in [0, 0.1) is 0 Å². The Morgan fingerprint density at radius 2 is 2.21 bits per heavy atom. The Balaban J connectivity index is 1.93. The maximum atomic E-state index is 12.5. The Bertz CT molecular complexity index is 610. The first-order valence-electron chi connectivity index (χ1n) is 6.48. The standard InChI is InChI=1S/C13H18N2O3S/c1-13(16)5-7-15(9-13)19(17,18)11-2-3-12-10(8-11)4-6-14-12/h2-3,8,14,16H,4-7,9H2,1H3. The van der Waals surface area contributed by atoms with Gasteiger partial charge in [-0.3, -0.25) is 0 Å². The van der Waals surface area contributed by atoms with Crippen molar-refractivity contribution in [2.24, 2.45) is 0 Å². The van der Waals surface area contributed by atoms with E-state index in [1.165, 1.54) is 4.31 Å². The summed E-state index contributed by atoms with van der Waals surface area (Å²) < 4.78 is 26.4. The molecule has 1 saturated heterocycles. The quantitative estimate of drug-likeness (QED) is 0.842. The van der Waals surface area contributed by atoms with Crippen molar-refractivity contribution >= 4 is 15.7 Å². The van der Waals surface area contributed by atoms with Gasteiger partial charge in [0.05, 0.1) is 10.5 Å². The van der Waals surface area contributed by atoms with E-state index in [9.17, 15) is 13.5 Å². The van der Waals surface area contributed by atoms with Crippen LogP contribution in [0.4, 0.5) is 5.69 Å². The fourth-order valence-electron chi connectivity index (χ4n) is 2.70. The van der Waals surface area contributed by atoms with Crippen molar-refractivity contribution < 1.29 is 13.5 Å². The summed E-state index contributed by atoms with van der Waals surface area (Å²) in [4.78, 5) is 0.327. The van der Waals surface area contributed by atoms with Gasteiger partial charge >= 0.3 is 0 Å². The van der Waals surface area contributed by atoms with Crippen molar-refractivity contribution in [3.8, 4) is 0 Å². The lowest BCUT2D eigenvalue weighted by molar-refractivity contribution is 0.0762. The molecule has 0 amide bonds. The molecule has 1 fully saturated rings. The summed E-state index contributed by atoms with van der Waals surface area (Å²) in [6.07, 6.45) is 1.34. The van der Waals surface area contributed by atoms with Crippen molar-refractivity contribution in [1.82, 2.24) is 4.31 Å². The topological polar surface area (TPSA) is 69.6 Å². The largest absolute Gasteiger partial charge is 0.389 e. The molecule has 104 valence electrons. The zero-order valence-corrected chi connectivity index (χ0v) is 11.7. The van der Waals surface area contributed by atoms with Crippen LogP contribution >= 0.6 is 0 Å².